The Balaban J connectivity index is 2.00. The van der Waals surface area contributed by atoms with Crippen LogP contribution in [0.5, 0.6) is 0 Å². The first-order valence-corrected chi connectivity index (χ1v) is 8.93. The van der Waals surface area contributed by atoms with Crippen molar-refractivity contribution in [3.8, 4) is 0 Å². The van der Waals surface area contributed by atoms with E-state index in [2.05, 4.69) is 21.2 Å². The molecule has 4 nitrogen and oxygen atoms in total. The Morgan fingerprint density at radius 2 is 1.78 bits per heavy atom. The Morgan fingerprint density at radius 3 is 2.43 bits per heavy atom. The van der Waals surface area contributed by atoms with Crippen LogP contribution >= 0.6 is 27.7 Å². The third-order valence-corrected chi connectivity index (χ3v) is 4.42. The van der Waals surface area contributed by atoms with E-state index in [0.29, 0.717) is 11.3 Å². The highest BCUT2D eigenvalue weighted by molar-refractivity contribution is 9.10. The molecule has 1 N–H and O–H groups in total. The number of amides is 1. The van der Waals surface area contributed by atoms with Crippen LogP contribution in [0.1, 0.15) is 17.3 Å². The number of carbonyl (C=O) groups is 2. The van der Waals surface area contributed by atoms with Crippen LogP contribution in [0, 0.1) is 0 Å². The minimum absolute atomic E-state index is 0.373. The van der Waals surface area contributed by atoms with Crippen molar-refractivity contribution in [1.82, 2.24) is 0 Å². The van der Waals surface area contributed by atoms with Gasteiger partial charge in [0.25, 0.3) is 5.91 Å². The Morgan fingerprint density at radius 1 is 1.13 bits per heavy atom. The summed E-state index contributed by atoms with van der Waals surface area (Å²) in [6, 6.07) is 14.3. The lowest BCUT2D eigenvalue weighted by molar-refractivity contribution is -0.123. The molecule has 0 aliphatic heterocycles. The highest BCUT2D eigenvalue weighted by Crippen LogP contribution is 2.21. The Labute approximate surface area is 147 Å². The van der Waals surface area contributed by atoms with E-state index in [9.17, 15) is 9.59 Å². The lowest BCUT2D eigenvalue weighted by atomic mass is 10.2. The van der Waals surface area contributed by atoms with Crippen molar-refractivity contribution in [2.75, 3.05) is 11.6 Å². The lowest BCUT2D eigenvalue weighted by Gasteiger charge is -2.14. The van der Waals surface area contributed by atoms with E-state index in [4.69, 9.17) is 4.74 Å². The molecule has 2 rings (SSSR count). The summed E-state index contributed by atoms with van der Waals surface area (Å²) in [7, 11) is 0. The molecule has 0 heterocycles. The van der Waals surface area contributed by atoms with Gasteiger partial charge >= 0.3 is 5.97 Å². The van der Waals surface area contributed by atoms with Gasteiger partial charge in [-0.05, 0) is 49.6 Å². The largest absolute Gasteiger partial charge is 0.449 e. The molecule has 1 atom stereocenters. The molecule has 23 heavy (non-hydrogen) atoms. The third kappa shape index (κ3) is 4.84. The summed E-state index contributed by atoms with van der Waals surface area (Å²) >= 11 is 4.79. The van der Waals surface area contributed by atoms with Gasteiger partial charge in [0.15, 0.2) is 6.10 Å². The third-order valence-electron chi connectivity index (χ3n) is 3.09. The second-order valence-electron chi connectivity index (χ2n) is 4.74. The molecule has 2 aromatic rings. The average molecular weight is 394 g/mol. The Bertz CT molecular complexity index is 703. The first-order chi connectivity index (χ1) is 11.0. The van der Waals surface area contributed by atoms with Crippen LogP contribution in [0.3, 0.4) is 0 Å². The molecule has 120 valence electrons. The SMILES string of the molecule is CSc1ccccc1C(=O)O[C@H](C)C(=O)Nc1ccc(Br)cc1. The number of hydrogen-bond donors (Lipinski definition) is 1. The van der Waals surface area contributed by atoms with Crippen LogP contribution in [0.25, 0.3) is 0 Å². The first kappa shape index (κ1) is 17.6. The molecule has 0 fully saturated rings. The zero-order chi connectivity index (χ0) is 16.8. The van der Waals surface area contributed by atoms with Crippen LogP contribution in [0.2, 0.25) is 0 Å². The molecule has 1 amide bonds. The van der Waals surface area contributed by atoms with E-state index in [1.807, 2.05) is 30.5 Å². The summed E-state index contributed by atoms with van der Waals surface area (Å²) in [5.74, 6) is -0.879. The number of benzene rings is 2. The first-order valence-electron chi connectivity index (χ1n) is 6.91. The van der Waals surface area contributed by atoms with Crippen molar-refractivity contribution in [3.05, 3.63) is 58.6 Å². The van der Waals surface area contributed by atoms with Gasteiger partial charge in [-0.25, -0.2) is 4.79 Å². The predicted octanol–water partition coefficient (Wildman–Crippen LogP) is 4.36. The normalized spacial score (nSPS) is 11.6. The van der Waals surface area contributed by atoms with E-state index in [1.165, 1.54) is 11.8 Å². The van der Waals surface area contributed by atoms with Gasteiger partial charge in [-0.1, -0.05) is 28.1 Å². The van der Waals surface area contributed by atoms with Gasteiger partial charge in [0, 0.05) is 15.1 Å². The van der Waals surface area contributed by atoms with E-state index >= 15 is 0 Å². The smallest absolute Gasteiger partial charge is 0.340 e. The highest BCUT2D eigenvalue weighted by Gasteiger charge is 2.20. The number of rotatable bonds is 5. The molecule has 0 saturated carbocycles. The summed E-state index contributed by atoms with van der Waals surface area (Å²) in [6.45, 7) is 1.55. The summed E-state index contributed by atoms with van der Waals surface area (Å²) in [5, 5.41) is 2.71. The van der Waals surface area contributed by atoms with Crippen LogP contribution in [-0.4, -0.2) is 24.2 Å². The molecule has 0 aliphatic rings. The fourth-order valence-electron chi connectivity index (χ4n) is 1.87. The fraction of sp³-hybridized carbons (Fsp3) is 0.176. The maximum Gasteiger partial charge on any atom is 0.340 e. The van der Waals surface area contributed by atoms with Crippen molar-refractivity contribution in [2.45, 2.75) is 17.9 Å². The van der Waals surface area contributed by atoms with E-state index in [1.54, 1.807) is 31.2 Å². The monoisotopic (exact) mass is 393 g/mol. The summed E-state index contributed by atoms with van der Waals surface area (Å²) in [5.41, 5.74) is 1.11. The second kappa shape index (κ2) is 8.17. The maximum absolute atomic E-state index is 12.2. The number of anilines is 1. The molecule has 6 heteroatoms. The van der Waals surface area contributed by atoms with E-state index < -0.39 is 12.1 Å². The van der Waals surface area contributed by atoms with Crippen LogP contribution in [-0.2, 0) is 9.53 Å². The van der Waals surface area contributed by atoms with Gasteiger partial charge in [0.05, 0.1) is 5.56 Å². The molecule has 0 bridgehead atoms. The molecular weight excluding hydrogens is 378 g/mol. The summed E-state index contributed by atoms with van der Waals surface area (Å²) in [6.07, 6.45) is 0.997. The molecule has 0 saturated heterocycles. The molecule has 0 aliphatic carbocycles. The fourth-order valence-corrected chi connectivity index (χ4v) is 2.72. The second-order valence-corrected chi connectivity index (χ2v) is 6.51. The van der Waals surface area contributed by atoms with Crippen LogP contribution < -0.4 is 5.32 Å². The number of ether oxygens (including phenoxy) is 1. The standard InChI is InChI=1S/C17H16BrNO3S/c1-11(16(20)19-13-9-7-12(18)8-10-13)22-17(21)14-5-3-4-6-15(14)23-2/h3-11H,1-2H3,(H,19,20)/t11-/m1/s1. The van der Waals surface area contributed by atoms with Gasteiger partial charge < -0.3 is 10.1 Å². The molecule has 2 aromatic carbocycles. The van der Waals surface area contributed by atoms with E-state index in [-0.39, 0.29) is 5.91 Å². The zero-order valence-corrected chi connectivity index (χ0v) is 15.1. The van der Waals surface area contributed by atoms with Crippen molar-refractivity contribution in [1.29, 1.82) is 0 Å². The van der Waals surface area contributed by atoms with Gasteiger partial charge in [-0.3, -0.25) is 4.79 Å². The minimum atomic E-state index is -0.888. The van der Waals surface area contributed by atoms with Crippen LogP contribution in [0.4, 0.5) is 5.69 Å². The maximum atomic E-state index is 12.2. The number of nitrogens with one attached hydrogen (secondary N) is 1. The van der Waals surface area contributed by atoms with Gasteiger partial charge in [0.1, 0.15) is 0 Å². The average Bonchev–Trinajstić information content (AvgIpc) is 2.56. The van der Waals surface area contributed by atoms with Gasteiger partial charge in [-0.2, -0.15) is 0 Å². The lowest BCUT2D eigenvalue weighted by Crippen LogP contribution is -2.30. The van der Waals surface area contributed by atoms with Crippen molar-refractivity contribution >= 4 is 45.3 Å². The number of esters is 1. The molecule has 0 spiro atoms. The Hall–Kier alpha value is -1.79. The Kier molecular flexibility index (Phi) is 6.24. The number of halogens is 1. The summed E-state index contributed by atoms with van der Waals surface area (Å²) in [4.78, 5) is 25.1. The molecule has 0 aromatic heterocycles. The van der Waals surface area contributed by atoms with Crippen LogP contribution in [0.15, 0.2) is 57.9 Å². The minimum Gasteiger partial charge on any atom is -0.449 e. The zero-order valence-electron chi connectivity index (χ0n) is 12.7. The topological polar surface area (TPSA) is 55.4 Å². The number of hydrogen-bond acceptors (Lipinski definition) is 4. The van der Waals surface area contributed by atoms with Crippen molar-refractivity contribution in [2.24, 2.45) is 0 Å². The van der Waals surface area contributed by atoms with Gasteiger partial charge in [0.2, 0.25) is 0 Å². The molecular formula is C17H16BrNO3S. The highest BCUT2D eigenvalue weighted by atomic mass is 79.9. The van der Waals surface area contributed by atoms with E-state index in [0.717, 1.165) is 9.37 Å². The summed E-state index contributed by atoms with van der Waals surface area (Å²) < 4.78 is 6.18. The predicted molar refractivity (Wildman–Crippen MR) is 95.9 cm³/mol. The van der Waals surface area contributed by atoms with Gasteiger partial charge in [-0.15, -0.1) is 11.8 Å². The number of thioether (sulfide) groups is 1. The molecule has 0 radical (unpaired) electrons. The number of carbonyl (C=O) groups excluding carboxylic acids is 2. The van der Waals surface area contributed by atoms with Crippen molar-refractivity contribution in [3.63, 3.8) is 0 Å². The van der Waals surface area contributed by atoms with Crippen molar-refractivity contribution < 1.29 is 14.3 Å². The quantitative estimate of drug-likeness (QED) is 0.605. The molecule has 0 unspecified atom stereocenters.